The van der Waals surface area contributed by atoms with E-state index in [1.165, 1.54) is 0 Å². The van der Waals surface area contributed by atoms with Gasteiger partial charge in [0.25, 0.3) is 0 Å². The lowest BCUT2D eigenvalue weighted by molar-refractivity contribution is 0.0697. The molecule has 0 aliphatic rings. The molecule has 0 amide bonds. The van der Waals surface area contributed by atoms with Crippen molar-refractivity contribution >= 4 is 5.97 Å². The summed E-state index contributed by atoms with van der Waals surface area (Å²) < 4.78 is 1.81. The number of hydrogen-bond donors (Lipinski definition) is 2. The highest BCUT2D eigenvalue weighted by Crippen LogP contribution is 2.22. The van der Waals surface area contributed by atoms with Crippen molar-refractivity contribution in [1.82, 2.24) is 14.8 Å². The van der Waals surface area contributed by atoms with Crippen molar-refractivity contribution in [2.24, 2.45) is 0 Å². The lowest BCUT2D eigenvalue weighted by Crippen LogP contribution is -2.10. The van der Waals surface area contributed by atoms with E-state index in [0.29, 0.717) is 0 Å². The SMILES string of the molecule is Cc1ccc(C(=O)O)cc1-n1cc(-c2cccnc2)[nH]1. The van der Waals surface area contributed by atoms with Crippen molar-refractivity contribution in [2.45, 2.75) is 6.92 Å². The Morgan fingerprint density at radius 3 is 2.80 bits per heavy atom. The molecule has 2 N–H and O–H groups in total. The molecule has 100 valence electrons. The minimum Gasteiger partial charge on any atom is -0.478 e. The summed E-state index contributed by atoms with van der Waals surface area (Å²) in [4.78, 5) is 15.1. The first kappa shape index (κ1) is 12.2. The van der Waals surface area contributed by atoms with Gasteiger partial charge in [0.05, 0.1) is 23.1 Å². The second-order valence-corrected chi connectivity index (χ2v) is 4.57. The molecule has 0 spiro atoms. The molecule has 0 bridgehead atoms. The summed E-state index contributed by atoms with van der Waals surface area (Å²) in [6, 6.07) is 8.89. The number of aromatic nitrogens is 3. The van der Waals surface area contributed by atoms with Crippen LogP contribution in [0.4, 0.5) is 0 Å². The molecule has 0 atom stereocenters. The van der Waals surface area contributed by atoms with Crippen molar-refractivity contribution < 1.29 is 9.90 Å². The van der Waals surface area contributed by atoms with E-state index in [-0.39, 0.29) is 5.56 Å². The number of carboxylic acids is 1. The molecule has 0 aliphatic heterocycles. The number of aryl methyl sites for hydroxylation is 1. The van der Waals surface area contributed by atoms with Gasteiger partial charge in [-0.1, -0.05) is 6.07 Å². The van der Waals surface area contributed by atoms with Gasteiger partial charge in [0, 0.05) is 18.0 Å². The number of rotatable bonds is 3. The molecule has 0 saturated carbocycles. The summed E-state index contributed by atoms with van der Waals surface area (Å²) in [5.74, 6) is -0.928. The zero-order valence-corrected chi connectivity index (χ0v) is 10.9. The number of hydrogen-bond acceptors (Lipinski definition) is 2. The van der Waals surface area contributed by atoms with Crippen LogP contribution in [0.25, 0.3) is 16.9 Å². The largest absolute Gasteiger partial charge is 0.478 e. The maximum Gasteiger partial charge on any atom is 0.335 e. The smallest absolute Gasteiger partial charge is 0.335 e. The molecular weight excluding hydrogens is 254 g/mol. The molecule has 2 heterocycles. The van der Waals surface area contributed by atoms with Crippen LogP contribution in [0.3, 0.4) is 0 Å². The summed E-state index contributed by atoms with van der Waals surface area (Å²) in [7, 11) is 0. The van der Waals surface area contributed by atoms with Gasteiger partial charge in [0.15, 0.2) is 0 Å². The Labute approximate surface area is 115 Å². The molecule has 2 aromatic heterocycles. The van der Waals surface area contributed by atoms with Crippen molar-refractivity contribution in [3.05, 3.63) is 60.0 Å². The third-order valence-corrected chi connectivity index (χ3v) is 3.19. The maximum absolute atomic E-state index is 11.0. The number of pyridine rings is 1. The highest BCUT2D eigenvalue weighted by atomic mass is 16.4. The third kappa shape index (κ3) is 2.09. The minimum atomic E-state index is -0.928. The van der Waals surface area contributed by atoms with E-state index in [4.69, 9.17) is 5.11 Å². The van der Waals surface area contributed by atoms with E-state index in [9.17, 15) is 4.79 Å². The molecule has 0 fully saturated rings. The van der Waals surface area contributed by atoms with E-state index in [0.717, 1.165) is 22.5 Å². The molecule has 0 radical (unpaired) electrons. The summed E-state index contributed by atoms with van der Waals surface area (Å²) in [5.41, 5.74) is 4.06. The first-order chi connectivity index (χ1) is 9.65. The number of benzene rings is 1. The Morgan fingerprint density at radius 1 is 1.35 bits per heavy atom. The van der Waals surface area contributed by atoms with Crippen LogP contribution in [-0.2, 0) is 0 Å². The first-order valence-electron chi connectivity index (χ1n) is 6.17. The quantitative estimate of drug-likeness (QED) is 0.766. The van der Waals surface area contributed by atoms with Gasteiger partial charge in [0.2, 0.25) is 0 Å². The van der Waals surface area contributed by atoms with Crippen LogP contribution in [0, 0.1) is 6.92 Å². The Morgan fingerprint density at radius 2 is 2.15 bits per heavy atom. The highest BCUT2D eigenvalue weighted by molar-refractivity contribution is 5.88. The molecule has 0 saturated heterocycles. The van der Waals surface area contributed by atoms with Crippen LogP contribution in [-0.4, -0.2) is 25.8 Å². The van der Waals surface area contributed by atoms with Gasteiger partial charge in [-0.15, -0.1) is 0 Å². The fourth-order valence-corrected chi connectivity index (χ4v) is 2.05. The van der Waals surface area contributed by atoms with Crippen molar-refractivity contribution in [2.75, 3.05) is 0 Å². The number of nitrogens with one attached hydrogen (secondary N) is 1. The molecule has 0 aliphatic carbocycles. The van der Waals surface area contributed by atoms with E-state index in [1.54, 1.807) is 30.6 Å². The Balaban J connectivity index is 1.95. The third-order valence-electron chi connectivity index (χ3n) is 3.19. The van der Waals surface area contributed by atoms with E-state index < -0.39 is 5.97 Å². The number of aromatic amines is 1. The molecule has 5 heteroatoms. The monoisotopic (exact) mass is 267 g/mol. The van der Waals surface area contributed by atoms with Crippen molar-refractivity contribution in [1.29, 1.82) is 0 Å². The maximum atomic E-state index is 11.0. The molecule has 0 unspecified atom stereocenters. The topological polar surface area (TPSA) is 70.9 Å². The molecule has 20 heavy (non-hydrogen) atoms. The second kappa shape index (κ2) is 4.70. The fourth-order valence-electron chi connectivity index (χ4n) is 2.05. The lowest BCUT2D eigenvalue weighted by Gasteiger charge is -2.18. The average molecular weight is 267 g/mol. The highest BCUT2D eigenvalue weighted by Gasteiger charge is 2.11. The second-order valence-electron chi connectivity index (χ2n) is 4.57. The summed E-state index contributed by atoms with van der Waals surface area (Å²) >= 11 is 0. The standard InChI is InChI=1S/C15H13N3O2/c1-10-4-5-11(15(19)20)7-14(10)18-9-13(17-18)12-3-2-6-16-8-12/h2-9,17H,1H3,(H,19,20). The average Bonchev–Trinajstić information content (AvgIpc) is 2.40. The van der Waals surface area contributed by atoms with Gasteiger partial charge < -0.3 is 5.11 Å². The molecule has 1 aromatic carbocycles. The van der Waals surface area contributed by atoms with Crippen LogP contribution >= 0.6 is 0 Å². The zero-order chi connectivity index (χ0) is 14.1. The number of carboxylic acid groups (broad SMARTS) is 1. The Kier molecular flexibility index (Phi) is 2.87. The van der Waals surface area contributed by atoms with Crippen LogP contribution in [0.2, 0.25) is 0 Å². The first-order valence-corrected chi connectivity index (χ1v) is 6.17. The van der Waals surface area contributed by atoms with Gasteiger partial charge in [-0.05, 0) is 36.8 Å². The lowest BCUT2D eigenvalue weighted by atomic mass is 10.1. The van der Waals surface area contributed by atoms with Gasteiger partial charge in [-0.25, -0.2) is 4.79 Å². The zero-order valence-electron chi connectivity index (χ0n) is 10.9. The number of nitrogens with zero attached hydrogens (tertiary/aromatic N) is 2. The van der Waals surface area contributed by atoms with Gasteiger partial charge in [0.1, 0.15) is 0 Å². The summed E-state index contributed by atoms with van der Waals surface area (Å²) in [5, 5.41) is 12.2. The van der Waals surface area contributed by atoms with Gasteiger partial charge in [-0.3, -0.25) is 14.8 Å². The van der Waals surface area contributed by atoms with Gasteiger partial charge in [-0.2, -0.15) is 0 Å². The molecule has 3 aromatic rings. The minimum absolute atomic E-state index is 0.274. The predicted octanol–water partition coefficient (Wildman–Crippen LogP) is 2.87. The summed E-state index contributed by atoms with van der Waals surface area (Å²) in [6.07, 6.45) is 5.42. The number of H-pyrrole nitrogens is 1. The van der Waals surface area contributed by atoms with E-state index in [1.807, 2.05) is 29.9 Å². The van der Waals surface area contributed by atoms with E-state index >= 15 is 0 Å². The normalized spacial score (nSPS) is 10.7. The van der Waals surface area contributed by atoms with E-state index in [2.05, 4.69) is 10.1 Å². The summed E-state index contributed by atoms with van der Waals surface area (Å²) in [6.45, 7) is 1.94. The van der Waals surface area contributed by atoms with Crippen LogP contribution in [0.15, 0.2) is 48.9 Å². The number of carbonyl (C=O) groups is 1. The fraction of sp³-hybridized carbons (Fsp3) is 0.0667. The van der Waals surface area contributed by atoms with Crippen LogP contribution < -0.4 is 0 Å². The molecule has 3 rings (SSSR count). The van der Waals surface area contributed by atoms with Crippen molar-refractivity contribution in [3.63, 3.8) is 0 Å². The Bertz CT molecular complexity index is 745. The van der Waals surface area contributed by atoms with Gasteiger partial charge >= 0.3 is 5.97 Å². The van der Waals surface area contributed by atoms with Crippen molar-refractivity contribution in [3.8, 4) is 16.9 Å². The predicted molar refractivity (Wildman–Crippen MR) is 75.0 cm³/mol. The van der Waals surface area contributed by atoms with Crippen LogP contribution in [0.5, 0.6) is 0 Å². The molecular formula is C15H13N3O2. The Hall–Kier alpha value is -2.82. The molecule has 5 nitrogen and oxygen atoms in total. The van der Waals surface area contributed by atoms with Crippen LogP contribution in [0.1, 0.15) is 15.9 Å². The number of aromatic carboxylic acids is 1.